The smallest absolute Gasteiger partial charge is 0.382 e. The molecule has 43 heavy (non-hydrogen) atoms. The van der Waals surface area contributed by atoms with Crippen LogP contribution in [0.5, 0.6) is 0 Å². The number of alkyl halides is 3. The highest BCUT2D eigenvalue weighted by atomic mass is 35.5. The number of nitrogens with zero attached hydrogens (tertiary/aromatic N) is 7. The fraction of sp³-hybridized carbons (Fsp3) is 0.308. The highest BCUT2D eigenvalue weighted by Gasteiger charge is 2.39. The Balaban J connectivity index is 1.49. The summed E-state index contributed by atoms with van der Waals surface area (Å²) in [7, 11) is 0. The normalized spacial score (nSPS) is 16.0. The molecule has 0 saturated carbocycles. The lowest BCUT2D eigenvalue weighted by molar-refractivity contribution is -0.207. The van der Waals surface area contributed by atoms with Crippen LogP contribution in [0.2, 0.25) is 10.0 Å². The molecular formula is C26H23Cl2F3N8O4. The number of rotatable bonds is 8. The van der Waals surface area contributed by atoms with Crippen molar-refractivity contribution in [2.45, 2.75) is 44.3 Å². The number of hydrogen-bond donors (Lipinski definition) is 2. The Morgan fingerprint density at radius 1 is 1.12 bits per heavy atom. The maximum absolute atomic E-state index is 13.4. The Labute approximate surface area is 251 Å². The van der Waals surface area contributed by atoms with Crippen molar-refractivity contribution in [2.24, 2.45) is 5.73 Å². The number of aromatic nitrogens is 6. The number of amides is 2. The Morgan fingerprint density at radius 2 is 1.84 bits per heavy atom. The Bertz CT molecular complexity index is 1740. The third-order valence-corrected chi connectivity index (χ3v) is 7.43. The van der Waals surface area contributed by atoms with Gasteiger partial charge in [0.05, 0.1) is 22.8 Å². The van der Waals surface area contributed by atoms with Crippen molar-refractivity contribution >= 4 is 35.0 Å². The monoisotopic (exact) mass is 638 g/mol. The van der Waals surface area contributed by atoms with Crippen LogP contribution in [0.3, 0.4) is 0 Å². The molecule has 2 aromatic heterocycles. The van der Waals surface area contributed by atoms with Crippen molar-refractivity contribution in [2.75, 3.05) is 6.54 Å². The number of hydrogen-bond acceptors (Lipinski definition) is 7. The average Bonchev–Trinajstić information content (AvgIpc) is 3.69. The molecule has 2 amide bonds. The minimum atomic E-state index is -4.98. The van der Waals surface area contributed by atoms with Crippen LogP contribution < -0.4 is 11.4 Å². The highest BCUT2D eigenvalue weighted by molar-refractivity contribution is 6.33. The molecule has 2 atom stereocenters. The number of para-hydroxylation sites is 1. The van der Waals surface area contributed by atoms with Gasteiger partial charge in [0.2, 0.25) is 5.91 Å². The summed E-state index contributed by atoms with van der Waals surface area (Å²) in [6, 6.07) is 9.73. The molecule has 0 unspecified atom stereocenters. The zero-order chi connectivity index (χ0) is 31.1. The van der Waals surface area contributed by atoms with Crippen LogP contribution in [0.1, 0.15) is 29.0 Å². The first-order chi connectivity index (χ1) is 20.3. The van der Waals surface area contributed by atoms with E-state index >= 15 is 0 Å². The summed E-state index contributed by atoms with van der Waals surface area (Å²) in [6.07, 6.45) is -5.52. The zero-order valence-corrected chi connectivity index (χ0v) is 23.6. The molecule has 3 heterocycles. The van der Waals surface area contributed by atoms with E-state index < -0.39 is 42.4 Å². The lowest BCUT2D eigenvalue weighted by Crippen LogP contribution is -2.44. The van der Waals surface area contributed by atoms with Gasteiger partial charge in [-0.3, -0.25) is 14.2 Å². The largest absolute Gasteiger partial charge is 0.416 e. The van der Waals surface area contributed by atoms with Gasteiger partial charge in [-0.2, -0.15) is 13.2 Å². The molecule has 17 heteroatoms. The third kappa shape index (κ3) is 6.14. The zero-order valence-electron chi connectivity index (χ0n) is 22.1. The number of primary amides is 1. The van der Waals surface area contributed by atoms with Crippen molar-refractivity contribution in [3.63, 3.8) is 0 Å². The average molecular weight is 639 g/mol. The minimum Gasteiger partial charge on any atom is -0.382 e. The summed E-state index contributed by atoms with van der Waals surface area (Å²) in [5.41, 5.74) is 5.10. The molecule has 3 N–H and O–H groups in total. The quantitative estimate of drug-likeness (QED) is 0.301. The number of aliphatic hydroxyl groups excluding tert-OH is 1. The van der Waals surface area contributed by atoms with E-state index in [0.717, 1.165) is 4.68 Å². The van der Waals surface area contributed by atoms with Crippen LogP contribution >= 0.6 is 23.2 Å². The van der Waals surface area contributed by atoms with Gasteiger partial charge in [0.25, 0.3) is 5.91 Å². The highest BCUT2D eigenvalue weighted by Crippen LogP contribution is 2.28. The molecule has 0 spiro atoms. The second-order valence-corrected chi connectivity index (χ2v) is 10.6. The van der Waals surface area contributed by atoms with Gasteiger partial charge in [0, 0.05) is 17.1 Å². The molecule has 2 aromatic carbocycles. The summed E-state index contributed by atoms with van der Waals surface area (Å²) in [5, 5.41) is 18.7. The van der Waals surface area contributed by atoms with Crippen molar-refractivity contribution in [3.05, 3.63) is 80.7 Å². The molecule has 1 aliphatic rings. The third-order valence-electron chi connectivity index (χ3n) is 6.88. The maximum atomic E-state index is 13.4. The summed E-state index contributed by atoms with van der Waals surface area (Å²) in [4.78, 5) is 44.0. The molecule has 0 radical (unpaired) electrons. The molecule has 1 saturated heterocycles. The van der Waals surface area contributed by atoms with E-state index in [9.17, 15) is 32.7 Å². The molecule has 0 bridgehead atoms. The van der Waals surface area contributed by atoms with Crippen molar-refractivity contribution in [3.8, 4) is 17.1 Å². The van der Waals surface area contributed by atoms with Gasteiger partial charge in [0.1, 0.15) is 18.9 Å². The van der Waals surface area contributed by atoms with Crippen LogP contribution in [0, 0.1) is 0 Å². The van der Waals surface area contributed by atoms with E-state index in [4.69, 9.17) is 28.9 Å². The predicted octanol–water partition coefficient (Wildman–Crippen LogP) is 2.66. The van der Waals surface area contributed by atoms with Gasteiger partial charge < -0.3 is 15.7 Å². The number of nitrogens with two attached hydrogens (primary N) is 1. The second kappa shape index (κ2) is 11.8. The summed E-state index contributed by atoms with van der Waals surface area (Å²) in [5.74, 6) is -1.23. The Hall–Kier alpha value is -4.21. The number of likely N-dealkylation sites (tertiary alicyclic amines) is 1. The van der Waals surface area contributed by atoms with Crippen molar-refractivity contribution in [1.82, 2.24) is 34.0 Å². The molecule has 1 fully saturated rings. The topological polar surface area (TPSA) is 154 Å². The fourth-order valence-electron chi connectivity index (χ4n) is 4.79. The minimum absolute atomic E-state index is 0.0141. The number of aliphatic hydroxyl groups is 1. The number of carbonyl (C=O) groups is 2. The Morgan fingerprint density at radius 3 is 2.51 bits per heavy atom. The summed E-state index contributed by atoms with van der Waals surface area (Å²) in [6.45, 7) is -1.15. The van der Waals surface area contributed by atoms with Crippen LogP contribution in [0.4, 0.5) is 13.2 Å². The molecular weight excluding hydrogens is 616 g/mol. The van der Waals surface area contributed by atoms with Crippen LogP contribution in [-0.2, 0) is 17.9 Å². The molecule has 12 nitrogen and oxygen atoms in total. The molecule has 4 aromatic rings. The number of benzene rings is 2. The van der Waals surface area contributed by atoms with Gasteiger partial charge in [0.15, 0.2) is 17.8 Å². The van der Waals surface area contributed by atoms with Crippen molar-refractivity contribution in [1.29, 1.82) is 0 Å². The second-order valence-electron chi connectivity index (χ2n) is 9.74. The van der Waals surface area contributed by atoms with E-state index in [-0.39, 0.29) is 40.0 Å². The van der Waals surface area contributed by atoms with E-state index in [1.807, 2.05) is 0 Å². The van der Waals surface area contributed by atoms with Crippen molar-refractivity contribution < 1.29 is 27.9 Å². The van der Waals surface area contributed by atoms with Gasteiger partial charge in [-0.05, 0) is 49.2 Å². The number of halogens is 5. The SMILES string of the molecule is NC(=O)[C@@H]1CCCN1C(=O)c1cccc(Cl)c1-n1cnc(Cn2nc(-c3ccc(Cl)cc3)n(C[C@H](O)C(F)(F)F)c2=O)n1. The first-order valence-electron chi connectivity index (χ1n) is 12.8. The molecule has 5 rings (SSSR count). The van der Waals surface area contributed by atoms with Crippen LogP contribution in [-0.4, -0.2) is 75.8 Å². The standard InChI is InChI=1S/C26H23Cl2F3N8O4/c27-15-8-6-14(7-9-15)23-35-38(25(43)37(23)11-19(40)26(29,30)31)12-20-33-13-39(34-20)21-16(3-1-4-17(21)28)24(42)36-10-2-5-18(36)22(32)41/h1,3-4,6-9,13,18-19,40H,2,5,10-12H2,(H2,32,41)/t18-,19-/m0/s1. The summed E-state index contributed by atoms with van der Waals surface area (Å²) >= 11 is 12.4. The Kier molecular flexibility index (Phi) is 8.31. The lowest BCUT2D eigenvalue weighted by atomic mass is 10.1. The molecule has 1 aliphatic heterocycles. The van der Waals surface area contributed by atoms with E-state index in [1.165, 1.54) is 52.3 Å². The first kappa shape index (κ1) is 30.3. The first-order valence-corrected chi connectivity index (χ1v) is 13.6. The van der Waals surface area contributed by atoms with Crippen LogP contribution in [0.25, 0.3) is 17.1 Å². The van der Waals surface area contributed by atoms with Gasteiger partial charge in [-0.25, -0.2) is 19.1 Å². The van der Waals surface area contributed by atoms with Gasteiger partial charge in [-0.15, -0.1) is 10.2 Å². The maximum Gasteiger partial charge on any atom is 0.416 e. The van der Waals surface area contributed by atoms with E-state index in [2.05, 4.69) is 15.2 Å². The van der Waals surface area contributed by atoms with Crippen LogP contribution in [0.15, 0.2) is 53.6 Å². The lowest BCUT2D eigenvalue weighted by Gasteiger charge is -2.23. The molecule has 0 aliphatic carbocycles. The predicted molar refractivity (Wildman–Crippen MR) is 148 cm³/mol. The van der Waals surface area contributed by atoms with E-state index in [0.29, 0.717) is 29.0 Å². The molecule has 226 valence electrons. The fourth-order valence-corrected chi connectivity index (χ4v) is 5.18. The van der Waals surface area contributed by atoms with Gasteiger partial charge >= 0.3 is 11.9 Å². The number of carbonyl (C=O) groups excluding carboxylic acids is 2. The van der Waals surface area contributed by atoms with Gasteiger partial charge in [-0.1, -0.05) is 29.3 Å². The summed E-state index contributed by atoms with van der Waals surface area (Å²) < 4.78 is 42.3. The van der Waals surface area contributed by atoms with E-state index in [1.54, 1.807) is 6.07 Å².